The fourth-order valence-corrected chi connectivity index (χ4v) is 2.26. The molecule has 18 heavy (non-hydrogen) atoms. The molecule has 1 unspecified atom stereocenters. The van der Waals surface area contributed by atoms with Crippen LogP contribution >= 0.6 is 23.2 Å². The Hall–Kier alpha value is -0.280. The molecule has 1 N–H and O–H groups in total. The van der Waals surface area contributed by atoms with Crippen molar-refractivity contribution in [2.75, 3.05) is 13.7 Å². The number of likely N-dealkylation sites (N-methyl/N-ethyl adjacent to an activating group) is 1. The average Bonchev–Trinajstić information content (AvgIpc) is 2.33. The summed E-state index contributed by atoms with van der Waals surface area (Å²) in [6.07, 6.45) is 0.786. The molecule has 1 atom stereocenters. The zero-order chi connectivity index (χ0) is 13.8. The van der Waals surface area contributed by atoms with Gasteiger partial charge in [0.25, 0.3) is 0 Å². The SMILES string of the molecule is CCNC(Cc1cc(Cl)ccc1Cl)C(C)(C)OC. The maximum atomic E-state index is 6.21. The minimum atomic E-state index is -0.262. The highest BCUT2D eigenvalue weighted by Gasteiger charge is 2.29. The maximum Gasteiger partial charge on any atom is 0.0778 e. The van der Waals surface area contributed by atoms with E-state index in [1.807, 2.05) is 12.1 Å². The third kappa shape index (κ3) is 4.13. The summed E-state index contributed by atoms with van der Waals surface area (Å²) < 4.78 is 5.56. The number of hydrogen-bond acceptors (Lipinski definition) is 2. The van der Waals surface area contributed by atoms with Crippen molar-refractivity contribution in [1.29, 1.82) is 0 Å². The summed E-state index contributed by atoms with van der Waals surface area (Å²) in [5, 5.41) is 4.90. The first-order valence-electron chi connectivity index (χ1n) is 6.13. The van der Waals surface area contributed by atoms with Crippen molar-refractivity contribution in [3.8, 4) is 0 Å². The largest absolute Gasteiger partial charge is 0.377 e. The monoisotopic (exact) mass is 289 g/mol. The molecule has 1 rings (SSSR count). The van der Waals surface area contributed by atoms with Crippen molar-refractivity contribution >= 4 is 23.2 Å². The minimum Gasteiger partial charge on any atom is -0.377 e. The van der Waals surface area contributed by atoms with Crippen molar-refractivity contribution in [2.24, 2.45) is 0 Å². The fourth-order valence-electron chi connectivity index (χ4n) is 1.87. The third-order valence-corrected chi connectivity index (χ3v) is 3.85. The van der Waals surface area contributed by atoms with Crippen molar-refractivity contribution in [2.45, 2.75) is 38.8 Å². The van der Waals surface area contributed by atoms with Gasteiger partial charge < -0.3 is 10.1 Å². The van der Waals surface area contributed by atoms with Gasteiger partial charge in [-0.15, -0.1) is 0 Å². The predicted molar refractivity (Wildman–Crippen MR) is 78.7 cm³/mol. The smallest absolute Gasteiger partial charge is 0.0778 e. The quantitative estimate of drug-likeness (QED) is 0.857. The Morgan fingerprint density at radius 2 is 2.00 bits per heavy atom. The lowest BCUT2D eigenvalue weighted by Gasteiger charge is -2.34. The first kappa shape index (κ1) is 15.8. The molecule has 0 saturated heterocycles. The molecule has 0 spiro atoms. The number of rotatable bonds is 6. The summed E-state index contributed by atoms with van der Waals surface area (Å²) in [5.41, 5.74) is 0.780. The van der Waals surface area contributed by atoms with Gasteiger partial charge in [0.1, 0.15) is 0 Å². The van der Waals surface area contributed by atoms with E-state index in [0.717, 1.165) is 23.6 Å². The van der Waals surface area contributed by atoms with Crippen LogP contribution in [0.15, 0.2) is 18.2 Å². The fraction of sp³-hybridized carbons (Fsp3) is 0.571. The van der Waals surface area contributed by atoms with Crippen molar-refractivity contribution < 1.29 is 4.74 Å². The lowest BCUT2D eigenvalue weighted by atomic mass is 9.92. The van der Waals surface area contributed by atoms with E-state index in [4.69, 9.17) is 27.9 Å². The van der Waals surface area contributed by atoms with E-state index < -0.39 is 0 Å². The van der Waals surface area contributed by atoms with Crippen LogP contribution in [0.4, 0.5) is 0 Å². The third-order valence-electron chi connectivity index (χ3n) is 3.25. The van der Waals surface area contributed by atoms with E-state index in [2.05, 4.69) is 26.1 Å². The predicted octanol–water partition coefficient (Wildman–Crippen LogP) is 3.94. The molecule has 0 aliphatic carbocycles. The van der Waals surface area contributed by atoms with Crippen LogP contribution in [-0.2, 0) is 11.2 Å². The van der Waals surface area contributed by atoms with Crippen LogP contribution in [0.1, 0.15) is 26.3 Å². The lowest BCUT2D eigenvalue weighted by Crippen LogP contribution is -2.49. The minimum absolute atomic E-state index is 0.184. The Kier molecular flexibility index (Phi) is 5.93. The van der Waals surface area contributed by atoms with Gasteiger partial charge in [-0.1, -0.05) is 30.1 Å². The van der Waals surface area contributed by atoms with Gasteiger partial charge in [-0.25, -0.2) is 0 Å². The van der Waals surface area contributed by atoms with Gasteiger partial charge in [0.05, 0.1) is 5.60 Å². The van der Waals surface area contributed by atoms with Gasteiger partial charge in [-0.2, -0.15) is 0 Å². The van der Waals surface area contributed by atoms with Crippen LogP contribution in [0, 0.1) is 0 Å². The molecule has 0 aliphatic heterocycles. The molecule has 1 aromatic rings. The van der Waals surface area contributed by atoms with Crippen LogP contribution < -0.4 is 5.32 Å². The molecule has 0 radical (unpaired) electrons. The van der Waals surface area contributed by atoms with Gasteiger partial charge in [-0.05, 0) is 50.6 Å². The molecule has 2 nitrogen and oxygen atoms in total. The number of ether oxygens (including phenoxy) is 1. The van der Waals surface area contributed by atoms with E-state index in [-0.39, 0.29) is 11.6 Å². The Morgan fingerprint density at radius 1 is 1.33 bits per heavy atom. The number of benzene rings is 1. The molecule has 0 fully saturated rings. The zero-order valence-electron chi connectivity index (χ0n) is 11.4. The number of halogens is 2. The Labute approximate surface area is 120 Å². The standard InChI is InChI=1S/C14H21Cl2NO/c1-5-17-13(14(2,3)18-4)9-10-8-11(15)6-7-12(10)16/h6-8,13,17H,5,9H2,1-4H3. The Morgan fingerprint density at radius 3 is 2.56 bits per heavy atom. The summed E-state index contributed by atoms with van der Waals surface area (Å²) in [6.45, 7) is 7.10. The first-order chi connectivity index (χ1) is 8.40. The molecular weight excluding hydrogens is 269 g/mol. The van der Waals surface area contributed by atoms with E-state index in [1.54, 1.807) is 13.2 Å². The molecule has 0 aromatic heterocycles. The van der Waals surface area contributed by atoms with E-state index in [1.165, 1.54) is 0 Å². The molecule has 4 heteroatoms. The Balaban J connectivity index is 2.93. The second-order valence-electron chi connectivity index (χ2n) is 4.86. The summed E-state index contributed by atoms with van der Waals surface area (Å²) >= 11 is 12.2. The van der Waals surface area contributed by atoms with Crippen molar-refractivity contribution in [3.63, 3.8) is 0 Å². The molecule has 1 aromatic carbocycles. The second-order valence-corrected chi connectivity index (χ2v) is 5.70. The zero-order valence-corrected chi connectivity index (χ0v) is 12.9. The summed E-state index contributed by atoms with van der Waals surface area (Å²) in [4.78, 5) is 0. The van der Waals surface area contributed by atoms with Gasteiger partial charge in [0.2, 0.25) is 0 Å². The number of nitrogens with one attached hydrogen (secondary N) is 1. The van der Waals surface area contributed by atoms with Crippen molar-refractivity contribution in [1.82, 2.24) is 5.32 Å². The molecule has 0 heterocycles. The number of hydrogen-bond donors (Lipinski definition) is 1. The molecule has 0 saturated carbocycles. The molecule has 102 valence electrons. The Bertz CT molecular complexity index is 393. The summed E-state index contributed by atoms with van der Waals surface area (Å²) in [7, 11) is 1.73. The lowest BCUT2D eigenvalue weighted by molar-refractivity contribution is -0.00959. The van der Waals surface area contributed by atoms with Crippen LogP contribution in [0.2, 0.25) is 10.0 Å². The van der Waals surface area contributed by atoms with E-state index in [0.29, 0.717) is 5.02 Å². The topological polar surface area (TPSA) is 21.3 Å². The molecule has 0 amide bonds. The summed E-state index contributed by atoms with van der Waals surface area (Å²) in [6, 6.07) is 5.74. The van der Waals surface area contributed by atoms with Gasteiger partial charge >= 0.3 is 0 Å². The first-order valence-corrected chi connectivity index (χ1v) is 6.88. The van der Waals surface area contributed by atoms with E-state index in [9.17, 15) is 0 Å². The van der Waals surface area contributed by atoms with Crippen LogP contribution in [0.3, 0.4) is 0 Å². The van der Waals surface area contributed by atoms with Gasteiger partial charge in [0.15, 0.2) is 0 Å². The number of methoxy groups -OCH3 is 1. The highest BCUT2D eigenvalue weighted by Crippen LogP contribution is 2.25. The van der Waals surface area contributed by atoms with Crippen molar-refractivity contribution in [3.05, 3.63) is 33.8 Å². The maximum absolute atomic E-state index is 6.21. The van der Waals surface area contributed by atoms with Crippen LogP contribution in [-0.4, -0.2) is 25.3 Å². The normalized spacial score (nSPS) is 13.7. The average molecular weight is 290 g/mol. The highest BCUT2D eigenvalue weighted by molar-refractivity contribution is 6.33. The second kappa shape index (κ2) is 6.76. The molecule has 0 bridgehead atoms. The van der Waals surface area contributed by atoms with Gasteiger partial charge in [-0.3, -0.25) is 0 Å². The van der Waals surface area contributed by atoms with Crippen LogP contribution in [0.5, 0.6) is 0 Å². The highest BCUT2D eigenvalue weighted by atomic mass is 35.5. The van der Waals surface area contributed by atoms with E-state index >= 15 is 0 Å². The molecule has 0 aliphatic rings. The molecular formula is C14H21Cl2NO. The summed E-state index contributed by atoms with van der Waals surface area (Å²) in [5.74, 6) is 0. The van der Waals surface area contributed by atoms with Gasteiger partial charge in [0, 0.05) is 23.2 Å². The van der Waals surface area contributed by atoms with Crippen LogP contribution in [0.25, 0.3) is 0 Å².